The van der Waals surface area contributed by atoms with Gasteiger partial charge in [0.1, 0.15) is 0 Å². The van der Waals surface area contributed by atoms with Gasteiger partial charge in [0, 0.05) is 5.70 Å². The van der Waals surface area contributed by atoms with E-state index in [1.807, 2.05) is 19.1 Å². The molecular weight excluding hydrogens is 178 g/mol. The lowest BCUT2D eigenvalue weighted by atomic mass is 10.1. The van der Waals surface area contributed by atoms with E-state index in [-0.39, 0.29) is 0 Å². The molecule has 2 heteroatoms. The fourth-order valence-electron chi connectivity index (χ4n) is 1.12. The van der Waals surface area contributed by atoms with Gasteiger partial charge in [-0.2, -0.15) is 0 Å². The van der Waals surface area contributed by atoms with Crippen molar-refractivity contribution in [3.8, 4) is 0 Å². The van der Waals surface area contributed by atoms with Crippen molar-refractivity contribution in [2.24, 2.45) is 0 Å². The summed E-state index contributed by atoms with van der Waals surface area (Å²) in [7, 11) is 0. The molecule has 0 aliphatic rings. The molecule has 0 spiro atoms. The Balaban J connectivity index is 2.83. The van der Waals surface area contributed by atoms with Crippen LogP contribution in [0.3, 0.4) is 0 Å². The highest BCUT2D eigenvalue weighted by Gasteiger charge is 1.97. The van der Waals surface area contributed by atoms with Crippen LogP contribution in [0.2, 0.25) is 0 Å². The summed E-state index contributed by atoms with van der Waals surface area (Å²) in [6.07, 6.45) is 0. The molecule has 0 atom stereocenters. The van der Waals surface area contributed by atoms with Crippen LogP contribution in [0.1, 0.15) is 18.1 Å². The van der Waals surface area contributed by atoms with Crippen LogP contribution in [0.25, 0.3) is 5.70 Å². The van der Waals surface area contributed by atoms with Crippen LogP contribution in [0.5, 0.6) is 0 Å². The number of aryl methyl sites for hydroxylation is 1. The average molecular weight is 191 g/mol. The molecule has 0 aliphatic carbocycles. The van der Waals surface area contributed by atoms with Crippen LogP contribution in [0.4, 0.5) is 0 Å². The lowest BCUT2D eigenvalue weighted by molar-refractivity contribution is 1.30. The summed E-state index contributed by atoms with van der Waals surface area (Å²) in [5.41, 5.74) is 3.17. The molecule has 13 heavy (non-hydrogen) atoms. The molecule has 0 saturated heterocycles. The van der Waals surface area contributed by atoms with E-state index in [1.54, 1.807) is 0 Å². The summed E-state index contributed by atoms with van der Waals surface area (Å²) < 4.78 is 0. The van der Waals surface area contributed by atoms with Gasteiger partial charge >= 0.3 is 0 Å². The Morgan fingerprint density at radius 3 is 2.69 bits per heavy atom. The largest absolute Gasteiger partial charge is 0.350 e. The van der Waals surface area contributed by atoms with Crippen molar-refractivity contribution >= 4 is 22.9 Å². The van der Waals surface area contributed by atoms with Gasteiger partial charge in [0.25, 0.3) is 0 Å². The number of thiocarbonyl (C=S) groups is 1. The topological polar surface area (TPSA) is 12.0 Å². The molecule has 0 bridgehead atoms. The number of rotatable bonds is 2. The van der Waals surface area contributed by atoms with Gasteiger partial charge in [0.15, 0.2) is 0 Å². The maximum atomic E-state index is 4.93. The van der Waals surface area contributed by atoms with E-state index >= 15 is 0 Å². The highest BCUT2D eigenvalue weighted by molar-refractivity contribution is 7.80. The Labute approximate surface area is 84.5 Å². The molecule has 0 aliphatic heterocycles. The smallest absolute Gasteiger partial charge is 0.0765 e. The first kappa shape index (κ1) is 9.93. The lowest BCUT2D eigenvalue weighted by Crippen LogP contribution is -2.15. The van der Waals surface area contributed by atoms with Gasteiger partial charge in [0.05, 0.1) is 4.99 Å². The van der Waals surface area contributed by atoms with Crippen LogP contribution < -0.4 is 5.32 Å². The summed E-state index contributed by atoms with van der Waals surface area (Å²) in [6, 6.07) is 8.16. The Hall–Kier alpha value is -1.15. The van der Waals surface area contributed by atoms with E-state index in [0.29, 0.717) is 0 Å². The van der Waals surface area contributed by atoms with Crippen molar-refractivity contribution in [2.75, 3.05) is 0 Å². The third-order valence-corrected chi connectivity index (χ3v) is 1.80. The summed E-state index contributed by atoms with van der Waals surface area (Å²) in [5, 5.41) is 3.02. The quantitative estimate of drug-likeness (QED) is 0.721. The van der Waals surface area contributed by atoms with E-state index in [1.165, 1.54) is 5.56 Å². The number of hydrogen-bond acceptors (Lipinski definition) is 1. The van der Waals surface area contributed by atoms with Crippen molar-refractivity contribution in [2.45, 2.75) is 13.8 Å². The normalized spacial score (nSPS) is 9.38. The van der Waals surface area contributed by atoms with Crippen molar-refractivity contribution in [3.05, 3.63) is 42.0 Å². The number of nitrogens with one attached hydrogen (secondary N) is 1. The molecule has 0 aromatic heterocycles. The zero-order valence-corrected chi connectivity index (χ0v) is 8.74. The van der Waals surface area contributed by atoms with Crippen LogP contribution >= 0.6 is 12.2 Å². The van der Waals surface area contributed by atoms with Gasteiger partial charge in [-0.15, -0.1) is 0 Å². The van der Waals surface area contributed by atoms with E-state index < -0.39 is 0 Å². The summed E-state index contributed by atoms with van der Waals surface area (Å²) in [4.78, 5) is 0.742. The van der Waals surface area contributed by atoms with E-state index in [2.05, 4.69) is 31.0 Å². The maximum absolute atomic E-state index is 4.93. The first-order chi connectivity index (χ1) is 6.09. The van der Waals surface area contributed by atoms with Crippen LogP contribution in [-0.4, -0.2) is 4.99 Å². The van der Waals surface area contributed by atoms with Crippen LogP contribution in [0, 0.1) is 6.92 Å². The molecule has 0 fully saturated rings. The SMILES string of the molecule is C=C(NC(C)=S)c1cccc(C)c1. The lowest BCUT2D eigenvalue weighted by Gasteiger charge is -2.08. The highest BCUT2D eigenvalue weighted by Crippen LogP contribution is 2.10. The minimum atomic E-state index is 0.742. The Bertz CT molecular complexity index is 342. The van der Waals surface area contributed by atoms with Crippen molar-refractivity contribution < 1.29 is 0 Å². The Morgan fingerprint density at radius 1 is 1.46 bits per heavy atom. The van der Waals surface area contributed by atoms with Crippen molar-refractivity contribution in [3.63, 3.8) is 0 Å². The van der Waals surface area contributed by atoms with Gasteiger partial charge in [-0.05, 0) is 25.5 Å². The van der Waals surface area contributed by atoms with Crippen LogP contribution in [-0.2, 0) is 0 Å². The zero-order valence-electron chi connectivity index (χ0n) is 7.92. The van der Waals surface area contributed by atoms with Gasteiger partial charge < -0.3 is 5.32 Å². The molecule has 0 unspecified atom stereocenters. The van der Waals surface area contributed by atoms with Gasteiger partial charge in [0.2, 0.25) is 0 Å². The minimum absolute atomic E-state index is 0.742. The third-order valence-electron chi connectivity index (χ3n) is 1.69. The fraction of sp³-hybridized carbons (Fsp3) is 0.182. The molecule has 0 saturated carbocycles. The average Bonchev–Trinajstić information content (AvgIpc) is 2.03. The summed E-state index contributed by atoms with van der Waals surface area (Å²) in [5.74, 6) is 0. The van der Waals surface area contributed by atoms with Crippen LogP contribution in [0.15, 0.2) is 30.8 Å². The van der Waals surface area contributed by atoms with Gasteiger partial charge in [-0.1, -0.05) is 42.6 Å². The molecule has 68 valence electrons. The molecule has 1 nitrogen and oxygen atoms in total. The third kappa shape index (κ3) is 2.99. The summed E-state index contributed by atoms with van der Waals surface area (Å²) >= 11 is 4.93. The molecule has 0 heterocycles. The number of hydrogen-bond donors (Lipinski definition) is 1. The Kier molecular flexibility index (Phi) is 3.20. The Morgan fingerprint density at radius 2 is 2.15 bits per heavy atom. The van der Waals surface area contributed by atoms with E-state index in [4.69, 9.17) is 12.2 Å². The molecule has 0 amide bonds. The standard InChI is InChI=1S/C11H13NS/c1-8-5-4-6-11(7-8)9(2)12-10(3)13/h4-7H,2H2,1,3H3,(H,12,13). The van der Waals surface area contributed by atoms with Gasteiger partial charge in [-0.25, -0.2) is 0 Å². The van der Waals surface area contributed by atoms with E-state index in [9.17, 15) is 0 Å². The second-order valence-electron chi connectivity index (χ2n) is 3.03. The zero-order chi connectivity index (χ0) is 9.84. The van der Waals surface area contributed by atoms with Gasteiger partial charge in [-0.3, -0.25) is 0 Å². The van der Waals surface area contributed by atoms with Crippen molar-refractivity contribution in [1.82, 2.24) is 5.32 Å². The highest BCUT2D eigenvalue weighted by atomic mass is 32.1. The first-order valence-corrected chi connectivity index (χ1v) is 4.54. The fourth-order valence-corrected chi connectivity index (χ4v) is 1.24. The molecule has 1 N–H and O–H groups in total. The first-order valence-electron chi connectivity index (χ1n) is 4.13. The second-order valence-corrected chi connectivity index (χ2v) is 3.64. The summed E-state index contributed by atoms with van der Waals surface area (Å²) in [6.45, 7) is 7.81. The molecule has 1 aromatic carbocycles. The second kappa shape index (κ2) is 4.19. The predicted octanol–water partition coefficient (Wildman–Crippen LogP) is 2.90. The minimum Gasteiger partial charge on any atom is -0.350 e. The monoisotopic (exact) mass is 191 g/mol. The predicted molar refractivity (Wildman–Crippen MR) is 61.6 cm³/mol. The van der Waals surface area contributed by atoms with E-state index in [0.717, 1.165) is 16.2 Å². The molecular formula is C11H13NS. The van der Waals surface area contributed by atoms with Crippen molar-refractivity contribution in [1.29, 1.82) is 0 Å². The molecule has 1 aromatic rings. The molecule has 1 rings (SSSR count). The maximum Gasteiger partial charge on any atom is 0.0765 e. The number of benzene rings is 1. The molecule has 0 radical (unpaired) electrons.